The smallest absolute Gasteiger partial charge is 0.269 e. The number of aryl methyl sites for hydroxylation is 2. The molecule has 1 aromatic carbocycles. The second-order valence-electron chi connectivity index (χ2n) is 6.71. The van der Waals surface area contributed by atoms with Gasteiger partial charge in [0.05, 0.1) is 11.7 Å². The number of H-pyrrole nitrogens is 2. The van der Waals surface area contributed by atoms with Gasteiger partial charge in [-0.15, -0.1) is 0 Å². The minimum atomic E-state index is -0.195. The lowest BCUT2D eigenvalue weighted by Crippen LogP contribution is -2.32. The fourth-order valence-corrected chi connectivity index (χ4v) is 3.40. The number of aromatic amines is 2. The Balaban J connectivity index is 1.53. The van der Waals surface area contributed by atoms with Crippen molar-refractivity contribution >= 4 is 5.91 Å². The second-order valence-corrected chi connectivity index (χ2v) is 6.71. The number of nitrogens with one attached hydrogen (secondary N) is 3. The molecule has 0 radical (unpaired) electrons. The molecule has 1 amide bonds. The van der Waals surface area contributed by atoms with Gasteiger partial charge in [-0.25, -0.2) is 0 Å². The third-order valence-corrected chi connectivity index (χ3v) is 4.81. The number of fused-ring (bicyclic) bond motifs is 1. The first-order valence-electron chi connectivity index (χ1n) is 8.75. The number of pyridine rings is 1. The average molecular weight is 348 g/mol. The summed E-state index contributed by atoms with van der Waals surface area (Å²) >= 11 is 0. The molecule has 26 heavy (non-hydrogen) atoms. The molecule has 3 aromatic rings. The highest BCUT2D eigenvalue weighted by Gasteiger charge is 2.23. The van der Waals surface area contributed by atoms with Crippen molar-refractivity contribution in [2.75, 3.05) is 0 Å². The summed E-state index contributed by atoms with van der Waals surface area (Å²) in [6.07, 6.45) is 2.61. The van der Waals surface area contributed by atoms with Crippen molar-refractivity contribution in [2.45, 2.75) is 32.2 Å². The van der Waals surface area contributed by atoms with E-state index in [1.807, 2.05) is 37.3 Å². The third-order valence-electron chi connectivity index (χ3n) is 4.81. The number of rotatable bonds is 3. The predicted molar refractivity (Wildman–Crippen MR) is 99.0 cm³/mol. The van der Waals surface area contributed by atoms with Crippen LogP contribution in [0.1, 0.15) is 46.2 Å². The molecule has 1 unspecified atom stereocenters. The van der Waals surface area contributed by atoms with Gasteiger partial charge in [0.1, 0.15) is 5.69 Å². The molecule has 0 spiro atoms. The summed E-state index contributed by atoms with van der Waals surface area (Å²) in [5, 5.41) is 10.1. The van der Waals surface area contributed by atoms with Gasteiger partial charge in [-0.3, -0.25) is 14.7 Å². The van der Waals surface area contributed by atoms with Gasteiger partial charge in [0, 0.05) is 17.3 Å². The largest absolute Gasteiger partial charge is 0.344 e. The van der Waals surface area contributed by atoms with Crippen LogP contribution < -0.4 is 10.9 Å². The lowest BCUT2D eigenvalue weighted by Gasteiger charge is -2.25. The number of benzene rings is 1. The van der Waals surface area contributed by atoms with Gasteiger partial charge < -0.3 is 10.3 Å². The van der Waals surface area contributed by atoms with Crippen LogP contribution in [0.3, 0.4) is 0 Å². The molecule has 0 saturated heterocycles. The van der Waals surface area contributed by atoms with Gasteiger partial charge in [-0.1, -0.05) is 29.8 Å². The highest BCUT2D eigenvalue weighted by molar-refractivity contribution is 5.93. The Labute approximate surface area is 150 Å². The van der Waals surface area contributed by atoms with Crippen molar-refractivity contribution in [3.63, 3.8) is 0 Å². The van der Waals surface area contributed by atoms with Crippen LogP contribution in [0.4, 0.5) is 0 Å². The Morgan fingerprint density at radius 2 is 2.00 bits per heavy atom. The van der Waals surface area contributed by atoms with E-state index in [0.29, 0.717) is 5.69 Å². The summed E-state index contributed by atoms with van der Waals surface area (Å²) in [6, 6.07) is 13.0. The predicted octanol–water partition coefficient (Wildman–Crippen LogP) is 2.88. The molecule has 0 bridgehead atoms. The van der Waals surface area contributed by atoms with Crippen LogP contribution in [0.25, 0.3) is 11.3 Å². The van der Waals surface area contributed by atoms with Gasteiger partial charge in [0.25, 0.3) is 5.91 Å². The minimum Gasteiger partial charge on any atom is -0.344 e. The highest BCUT2D eigenvalue weighted by atomic mass is 16.2. The maximum absolute atomic E-state index is 12.6. The molecule has 1 aliphatic rings. The Morgan fingerprint density at radius 3 is 2.81 bits per heavy atom. The lowest BCUT2D eigenvalue weighted by atomic mass is 9.91. The zero-order valence-corrected chi connectivity index (χ0v) is 14.5. The third kappa shape index (κ3) is 3.18. The first-order valence-corrected chi connectivity index (χ1v) is 8.75. The molecule has 0 fully saturated rings. The van der Waals surface area contributed by atoms with Gasteiger partial charge in [0.2, 0.25) is 5.56 Å². The summed E-state index contributed by atoms with van der Waals surface area (Å²) in [6.45, 7) is 2.03. The van der Waals surface area contributed by atoms with Crippen molar-refractivity contribution in [2.24, 2.45) is 0 Å². The van der Waals surface area contributed by atoms with E-state index >= 15 is 0 Å². The van der Waals surface area contributed by atoms with Crippen LogP contribution in [0.15, 0.2) is 47.3 Å². The minimum absolute atomic E-state index is 0.103. The molecular formula is C20H20N4O2. The highest BCUT2D eigenvalue weighted by Crippen LogP contribution is 2.28. The van der Waals surface area contributed by atoms with E-state index in [4.69, 9.17) is 0 Å². The Bertz CT molecular complexity index is 1000. The van der Waals surface area contributed by atoms with E-state index in [9.17, 15) is 9.59 Å². The summed E-state index contributed by atoms with van der Waals surface area (Å²) < 4.78 is 0. The van der Waals surface area contributed by atoms with Crippen LogP contribution >= 0.6 is 0 Å². The standard InChI is InChI=1S/C20H20N4O2/c1-12-5-7-13(8-6-12)17-11-18(24-23-17)20(26)22-16-4-2-3-15-14(16)9-10-19(25)21-15/h5-11,16H,2-4H2,1H3,(H,21,25)(H,22,26)(H,23,24). The molecule has 1 atom stereocenters. The SMILES string of the molecule is Cc1ccc(-c2cc(C(=O)NC3CCCc4[nH]c(=O)ccc43)[nH]n2)cc1. The van der Waals surface area contributed by atoms with Crippen LogP contribution in [-0.4, -0.2) is 21.1 Å². The normalized spacial score (nSPS) is 16.1. The quantitative estimate of drug-likeness (QED) is 0.680. The molecule has 6 nitrogen and oxygen atoms in total. The van der Waals surface area contributed by atoms with Gasteiger partial charge in [-0.05, 0) is 43.9 Å². The van der Waals surface area contributed by atoms with Gasteiger partial charge >= 0.3 is 0 Å². The van der Waals surface area contributed by atoms with Crippen molar-refractivity contribution in [1.29, 1.82) is 0 Å². The Hall–Kier alpha value is -3.15. The van der Waals surface area contributed by atoms with Gasteiger partial charge in [0.15, 0.2) is 0 Å². The molecule has 0 saturated carbocycles. The number of amides is 1. The molecule has 3 N–H and O–H groups in total. The molecule has 2 aromatic heterocycles. The molecule has 0 aliphatic heterocycles. The number of carbonyl (C=O) groups is 1. The topological polar surface area (TPSA) is 90.6 Å². The zero-order chi connectivity index (χ0) is 18.1. The van der Waals surface area contributed by atoms with Gasteiger partial charge in [-0.2, -0.15) is 5.10 Å². The number of aromatic nitrogens is 3. The average Bonchev–Trinajstić information content (AvgIpc) is 3.12. The van der Waals surface area contributed by atoms with E-state index in [0.717, 1.165) is 41.8 Å². The van der Waals surface area contributed by atoms with E-state index in [-0.39, 0.29) is 17.5 Å². The number of carbonyl (C=O) groups excluding carboxylic acids is 1. The monoisotopic (exact) mass is 348 g/mol. The molecule has 132 valence electrons. The van der Waals surface area contributed by atoms with Crippen molar-refractivity contribution < 1.29 is 4.79 Å². The second kappa shape index (κ2) is 6.63. The van der Waals surface area contributed by atoms with Crippen LogP contribution in [0.5, 0.6) is 0 Å². The van der Waals surface area contributed by atoms with Crippen molar-refractivity contribution in [3.05, 3.63) is 75.3 Å². The molecular weight excluding hydrogens is 328 g/mol. The van der Waals surface area contributed by atoms with E-state index in [1.165, 1.54) is 11.6 Å². The molecule has 6 heteroatoms. The van der Waals surface area contributed by atoms with E-state index in [2.05, 4.69) is 20.5 Å². The summed E-state index contributed by atoms with van der Waals surface area (Å²) in [4.78, 5) is 27.0. The van der Waals surface area contributed by atoms with Crippen LogP contribution in [0, 0.1) is 6.92 Å². The van der Waals surface area contributed by atoms with Crippen molar-refractivity contribution in [1.82, 2.24) is 20.5 Å². The molecule has 2 heterocycles. The van der Waals surface area contributed by atoms with Crippen molar-refractivity contribution in [3.8, 4) is 11.3 Å². The number of hydrogen-bond donors (Lipinski definition) is 3. The first kappa shape index (κ1) is 16.3. The summed E-state index contributed by atoms with van der Waals surface area (Å²) in [5.41, 5.74) is 5.11. The maximum Gasteiger partial charge on any atom is 0.269 e. The molecule has 4 rings (SSSR count). The number of nitrogens with zero attached hydrogens (tertiary/aromatic N) is 1. The summed E-state index contributed by atoms with van der Waals surface area (Å²) in [7, 11) is 0. The number of hydrogen-bond acceptors (Lipinski definition) is 3. The van der Waals surface area contributed by atoms with E-state index in [1.54, 1.807) is 6.07 Å². The molecule has 1 aliphatic carbocycles. The Kier molecular flexibility index (Phi) is 4.16. The summed E-state index contributed by atoms with van der Waals surface area (Å²) in [5.74, 6) is -0.195. The fraction of sp³-hybridized carbons (Fsp3) is 0.250. The van der Waals surface area contributed by atoms with Crippen LogP contribution in [-0.2, 0) is 6.42 Å². The van der Waals surface area contributed by atoms with E-state index < -0.39 is 0 Å². The zero-order valence-electron chi connectivity index (χ0n) is 14.5. The van der Waals surface area contributed by atoms with Crippen LogP contribution in [0.2, 0.25) is 0 Å². The lowest BCUT2D eigenvalue weighted by molar-refractivity contribution is 0.0927. The fourth-order valence-electron chi connectivity index (χ4n) is 3.40. The Morgan fingerprint density at radius 1 is 1.19 bits per heavy atom. The first-order chi connectivity index (χ1) is 12.6. The maximum atomic E-state index is 12.6.